The summed E-state index contributed by atoms with van der Waals surface area (Å²) in [6, 6.07) is 0. The molecule has 0 spiro atoms. The van der Waals surface area contributed by atoms with Crippen molar-refractivity contribution in [1.29, 1.82) is 0 Å². The lowest BCUT2D eigenvalue weighted by atomic mass is 9.81. The topological polar surface area (TPSA) is 60.9 Å². The van der Waals surface area contributed by atoms with E-state index in [1.807, 2.05) is 32.4 Å². The fourth-order valence-electron chi connectivity index (χ4n) is 2.01. The second kappa shape index (κ2) is 6.53. The standard InChI is InChI=1S/C14H24ClN3O/c1-5-10-13(15)11(18(7-3)17-10)8-12(19)14(4,6-2)9-16/h5-9,16H2,1-4H3. The zero-order valence-corrected chi connectivity index (χ0v) is 13.0. The molecular formula is C14H24ClN3O. The van der Waals surface area contributed by atoms with Crippen LogP contribution in [0, 0.1) is 5.41 Å². The highest BCUT2D eigenvalue weighted by Gasteiger charge is 2.31. The number of hydrogen-bond donors (Lipinski definition) is 1. The van der Waals surface area contributed by atoms with E-state index < -0.39 is 5.41 Å². The van der Waals surface area contributed by atoms with Crippen molar-refractivity contribution >= 4 is 17.4 Å². The van der Waals surface area contributed by atoms with Gasteiger partial charge in [-0.2, -0.15) is 5.10 Å². The van der Waals surface area contributed by atoms with Crippen LogP contribution in [0.15, 0.2) is 0 Å². The minimum atomic E-state index is -0.474. The first-order valence-corrected chi connectivity index (χ1v) is 7.28. The van der Waals surface area contributed by atoms with E-state index in [2.05, 4.69) is 5.10 Å². The predicted molar refractivity (Wildman–Crippen MR) is 78.5 cm³/mol. The Labute approximate surface area is 120 Å². The van der Waals surface area contributed by atoms with Gasteiger partial charge in [0.15, 0.2) is 0 Å². The Kier molecular flexibility index (Phi) is 5.56. The number of carbonyl (C=O) groups is 1. The summed E-state index contributed by atoms with van der Waals surface area (Å²) in [4.78, 5) is 12.4. The number of ketones is 1. The first-order valence-electron chi connectivity index (χ1n) is 6.90. The van der Waals surface area contributed by atoms with E-state index in [4.69, 9.17) is 17.3 Å². The molecule has 1 atom stereocenters. The molecule has 1 aromatic rings. The van der Waals surface area contributed by atoms with Crippen LogP contribution in [0.1, 0.15) is 45.5 Å². The van der Waals surface area contributed by atoms with Crippen LogP contribution in [0.4, 0.5) is 0 Å². The van der Waals surface area contributed by atoms with Crippen LogP contribution in [0.25, 0.3) is 0 Å². The normalized spacial score (nSPS) is 14.4. The third-order valence-electron chi connectivity index (χ3n) is 3.93. The molecule has 0 bridgehead atoms. The first kappa shape index (κ1) is 16.2. The van der Waals surface area contributed by atoms with Gasteiger partial charge in [0, 0.05) is 18.5 Å². The molecule has 0 saturated carbocycles. The van der Waals surface area contributed by atoms with Gasteiger partial charge in [0.05, 0.1) is 22.8 Å². The highest BCUT2D eigenvalue weighted by molar-refractivity contribution is 6.32. The molecule has 0 amide bonds. The van der Waals surface area contributed by atoms with Crippen LogP contribution in [-0.2, 0) is 24.2 Å². The lowest BCUT2D eigenvalue weighted by molar-refractivity contribution is -0.127. The third-order valence-corrected chi connectivity index (χ3v) is 4.36. The molecule has 108 valence electrons. The van der Waals surface area contributed by atoms with Crippen molar-refractivity contribution in [1.82, 2.24) is 9.78 Å². The molecule has 4 nitrogen and oxygen atoms in total. The van der Waals surface area contributed by atoms with Crippen LogP contribution in [-0.4, -0.2) is 22.1 Å². The molecule has 0 aliphatic heterocycles. The second-order valence-electron chi connectivity index (χ2n) is 5.09. The van der Waals surface area contributed by atoms with Crippen LogP contribution in [0.2, 0.25) is 5.02 Å². The molecule has 5 heteroatoms. The van der Waals surface area contributed by atoms with Crippen molar-refractivity contribution in [3.63, 3.8) is 0 Å². The molecule has 1 rings (SSSR count). The van der Waals surface area contributed by atoms with Gasteiger partial charge in [-0.25, -0.2) is 0 Å². The molecule has 0 aliphatic rings. The number of nitrogens with two attached hydrogens (primary N) is 1. The fraction of sp³-hybridized carbons (Fsp3) is 0.714. The van der Waals surface area contributed by atoms with Gasteiger partial charge < -0.3 is 5.73 Å². The maximum atomic E-state index is 12.4. The summed E-state index contributed by atoms with van der Waals surface area (Å²) in [6.45, 7) is 8.99. The van der Waals surface area contributed by atoms with Crippen molar-refractivity contribution < 1.29 is 4.79 Å². The highest BCUT2D eigenvalue weighted by atomic mass is 35.5. The summed E-state index contributed by atoms with van der Waals surface area (Å²) in [5, 5.41) is 5.07. The Morgan fingerprint density at radius 1 is 1.42 bits per heavy atom. The number of hydrogen-bond acceptors (Lipinski definition) is 3. The number of nitrogens with zero attached hydrogens (tertiary/aromatic N) is 2. The number of aryl methyl sites for hydroxylation is 2. The van der Waals surface area contributed by atoms with E-state index in [9.17, 15) is 4.79 Å². The highest BCUT2D eigenvalue weighted by Crippen LogP contribution is 2.27. The third kappa shape index (κ3) is 3.18. The van der Waals surface area contributed by atoms with E-state index >= 15 is 0 Å². The molecule has 19 heavy (non-hydrogen) atoms. The zero-order chi connectivity index (χ0) is 14.6. The Balaban J connectivity index is 3.05. The smallest absolute Gasteiger partial charge is 0.145 e. The van der Waals surface area contributed by atoms with Gasteiger partial charge in [-0.05, 0) is 19.8 Å². The molecule has 1 unspecified atom stereocenters. The maximum Gasteiger partial charge on any atom is 0.145 e. The van der Waals surface area contributed by atoms with Gasteiger partial charge in [0.2, 0.25) is 0 Å². The molecular weight excluding hydrogens is 262 g/mol. The number of carbonyl (C=O) groups excluding carboxylic acids is 1. The maximum absolute atomic E-state index is 12.4. The van der Waals surface area contributed by atoms with Crippen molar-refractivity contribution in [2.24, 2.45) is 11.1 Å². The molecule has 0 radical (unpaired) electrons. The quantitative estimate of drug-likeness (QED) is 0.838. The van der Waals surface area contributed by atoms with E-state index in [1.165, 1.54) is 0 Å². The number of aromatic nitrogens is 2. The Hall–Kier alpha value is -0.870. The van der Waals surface area contributed by atoms with Crippen molar-refractivity contribution in [2.45, 2.75) is 53.5 Å². The van der Waals surface area contributed by atoms with Crippen LogP contribution in [0.3, 0.4) is 0 Å². The van der Waals surface area contributed by atoms with Gasteiger partial charge >= 0.3 is 0 Å². The number of halogens is 1. The zero-order valence-electron chi connectivity index (χ0n) is 12.3. The van der Waals surface area contributed by atoms with Crippen molar-refractivity contribution in [3.8, 4) is 0 Å². The van der Waals surface area contributed by atoms with E-state index in [0.717, 1.165) is 24.2 Å². The Bertz CT molecular complexity index is 450. The van der Waals surface area contributed by atoms with E-state index in [-0.39, 0.29) is 5.78 Å². The number of rotatable bonds is 7. The SMILES string of the molecule is CCc1nn(CC)c(CC(=O)C(C)(CC)CN)c1Cl. The molecule has 2 N–H and O–H groups in total. The van der Waals surface area contributed by atoms with Gasteiger partial charge in [-0.1, -0.05) is 32.4 Å². The van der Waals surface area contributed by atoms with Crippen LogP contribution in [0.5, 0.6) is 0 Å². The lowest BCUT2D eigenvalue weighted by Gasteiger charge is -2.24. The second-order valence-corrected chi connectivity index (χ2v) is 5.47. The first-order chi connectivity index (χ1) is 8.93. The predicted octanol–water partition coefficient (Wildman–Crippen LogP) is 2.61. The monoisotopic (exact) mass is 285 g/mol. The average Bonchev–Trinajstić information content (AvgIpc) is 2.74. The Morgan fingerprint density at radius 3 is 2.47 bits per heavy atom. The summed E-state index contributed by atoms with van der Waals surface area (Å²) in [6.07, 6.45) is 1.82. The summed E-state index contributed by atoms with van der Waals surface area (Å²) in [5.41, 5.74) is 6.94. The van der Waals surface area contributed by atoms with Gasteiger partial charge in [-0.3, -0.25) is 9.48 Å². The van der Waals surface area contributed by atoms with Crippen molar-refractivity contribution in [2.75, 3.05) is 6.54 Å². The summed E-state index contributed by atoms with van der Waals surface area (Å²) >= 11 is 6.32. The molecule has 0 aromatic carbocycles. The lowest BCUT2D eigenvalue weighted by Crippen LogP contribution is -2.36. The van der Waals surface area contributed by atoms with E-state index in [0.29, 0.717) is 24.5 Å². The van der Waals surface area contributed by atoms with Crippen LogP contribution >= 0.6 is 11.6 Å². The Morgan fingerprint density at radius 2 is 2.05 bits per heavy atom. The summed E-state index contributed by atoms with van der Waals surface area (Å²) in [5.74, 6) is 0.136. The molecule has 0 aliphatic carbocycles. The molecule has 1 aromatic heterocycles. The van der Waals surface area contributed by atoms with Crippen molar-refractivity contribution in [3.05, 3.63) is 16.4 Å². The largest absolute Gasteiger partial charge is 0.329 e. The minimum Gasteiger partial charge on any atom is -0.329 e. The van der Waals surface area contributed by atoms with Crippen LogP contribution < -0.4 is 5.73 Å². The summed E-state index contributed by atoms with van der Waals surface area (Å²) in [7, 11) is 0. The van der Waals surface area contributed by atoms with E-state index in [1.54, 1.807) is 0 Å². The molecule has 1 heterocycles. The van der Waals surface area contributed by atoms with Gasteiger partial charge in [-0.15, -0.1) is 0 Å². The average molecular weight is 286 g/mol. The summed E-state index contributed by atoms with van der Waals surface area (Å²) < 4.78 is 1.83. The minimum absolute atomic E-state index is 0.136. The molecule has 0 saturated heterocycles. The fourth-order valence-corrected chi connectivity index (χ4v) is 2.34. The van der Waals surface area contributed by atoms with Gasteiger partial charge in [0.25, 0.3) is 0 Å². The number of Topliss-reactive ketones (excluding diaryl/α,β-unsaturated/α-hetero) is 1. The van der Waals surface area contributed by atoms with Gasteiger partial charge in [0.1, 0.15) is 5.78 Å². The molecule has 0 fully saturated rings.